The van der Waals surface area contributed by atoms with Crippen LogP contribution < -0.4 is 0 Å². The highest BCUT2D eigenvalue weighted by Gasteiger charge is 2.10. The van der Waals surface area contributed by atoms with E-state index in [-0.39, 0.29) is 13.0 Å². The van der Waals surface area contributed by atoms with Gasteiger partial charge >= 0.3 is 5.97 Å². The Bertz CT molecular complexity index is 125. The summed E-state index contributed by atoms with van der Waals surface area (Å²) in [6.07, 6.45) is -1.53. The molecule has 0 aliphatic heterocycles. The van der Waals surface area contributed by atoms with Gasteiger partial charge in [-0.15, -0.1) is 0 Å². The Morgan fingerprint density at radius 1 is 1.64 bits per heavy atom. The lowest BCUT2D eigenvalue weighted by Gasteiger charge is -2.07. The van der Waals surface area contributed by atoms with Crippen molar-refractivity contribution in [2.24, 2.45) is 0 Å². The molecule has 0 rings (SSSR count). The molecule has 0 heterocycles. The van der Waals surface area contributed by atoms with Crippen LogP contribution in [0.4, 0.5) is 4.39 Å². The van der Waals surface area contributed by atoms with E-state index in [1.807, 2.05) is 0 Å². The molecule has 0 saturated carbocycles. The number of rotatable bonds is 5. The molecule has 0 amide bonds. The lowest BCUT2D eigenvalue weighted by molar-refractivity contribution is -0.149. The predicted molar refractivity (Wildman–Crippen MR) is 38.2 cm³/mol. The van der Waals surface area contributed by atoms with E-state index >= 15 is 0 Å². The molecule has 0 aromatic heterocycles. The quantitative estimate of drug-likeness (QED) is 0.664. The van der Waals surface area contributed by atoms with E-state index < -0.39 is 18.2 Å². The number of carbonyl (C=O) groups is 1. The van der Waals surface area contributed by atoms with Crippen molar-refractivity contribution in [2.45, 2.75) is 32.5 Å². The van der Waals surface area contributed by atoms with Gasteiger partial charge in [-0.3, -0.25) is 0 Å². The highest BCUT2D eigenvalue weighted by Crippen LogP contribution is 1.98. The summed E-state index contributed by atoms with van der Waals surface area (Å²) in [5.74, 6) is -1.02. The molecule has 0 aliphatic rings. The minimum Gasteiger partial charge on any atom is -0.479 e. The predicted octanol–water partition coefficient (Wildman–Crippen LogP) is 1.22. The van der Waals surface area contributed by atoms with Crippen LogP contribution in [0.5, 0.6) is 0 Å². The average molecular weight is 164 g/mol. The summed E-state index contributed by atoms with van der Waals surface area (Å²) in [7, 11) is 0. The Balaban J connectivity index is 3.31. The maximum absolute atomic E-state index is 12.1. The fourth-order valence-corrected chi connectivity index (χ4v) is 0.479. The normalized spacial score (nSPS) is 15.9. The van der Waals surface area contributed by atoms with Crippen molar-refractivity contribution in [3.05, 3.63) is 0 Å². The SMILES string of the molecule is CC(F)CCOC(C)C(=O)O. The number of hydrogen-bond acceptors (Lipinski definition) is 2. The Labute approximate surface area is 65.2 Å². The van der Waals surface area contributed by atoms with Crippen molar-refractivity contribution in [3.63, 3.8) is 0 Å². The van der Waals surface area contributed by atoms with Gasteiger partial charge in [-0.1, -0.05) is 0 Å². The summed E-state index contributed by atoms with van der Waals surface area (Å²) in [5, 5.41) is 8.33. The standard InChI is InChI=1S/C7H13FO3/c1-5(8)3-4-11-6(2)7(9)10/h5-6H,3-4H2,1-2H3,(H,9,10). The van der Waals surface area contributed by atoms with E-state index in [9.17, 15) is 9.18 Å². The van der Waals surface area contributed by atoms with Gasteiger partial charge in [0.25, 0.3) is 0 Å². The lowest BCUT2D eigenvalue weighted by atomic mass is 10.3. The maximum atomic E-state index is 12.1. The van der Waals surface area contributed by atoms with E-state index in [2.05, 4.69) is 0 Å². The number of halogens is 1. The van der Waals surface area contributed by atoms with Crippen LogP contribution in [-0.2, 0) is 9.53 Å². The molecule has 0 fully saturated rings. The molecule has 0 spiro atoms. The summed E-state index contributed by atoms with van der Waals surface area (Å²) in [6, 6.07) is 0. The van der Waals surface area contributed by atoms with Crippen LogP contribution in [0.2, 0.25) is 0 Å². The third-order valence-corrected chi connectivity index (χ3v) is 1.23. The van der Waals surface area contributed by atoms with Crippen LogP contribution in [0.3, 0.4) is 0 Å². The lowest BCUT2D eigenvalue weighted by Crippen LogP contribution is -2.21. The Morgan fingerprint density at radius 2 is 2.18 bits per heavy atom. The zero-order chi connectivity index (χ0) is 8.85. The van der Waals surface area contributed by atoms with Gasteiger partial charge in [0.15, 0.2) is 6.10 Å². The number of carboxylic acid groups (broad SMARTS) is 1. The van der Waals surface area contributed by atoms with Gasteiger partial charge in [0.05, 0.1) is 12.8 Å². The van der Waals surface area contributed by atoms with Gasteiger partial charge in [0.2, 0.25) is 0 Å². The zero-order valence-corrected chi connectivity index (χ0v) is 6.71. The second kappa shape index (κ2) is 5.07. The maximum Gasteiger partial charge on any atom is 0.332 e. The molecular weight excluding hydrogens is 151 g/mol. The van der Waals surface area contributed by atoms with Gasteiger partial charge in [-0.2, -0.15) is 0 Å². The second-order valence-electron chi connectivity index (χ2n) is 2.42. The molecule has 0 aromatic carbocycles. The second-order valence-corrected chi connectivity index (χ2v) is 2.42. The highest BCUT2D eigenvalue weighted by atomic mass is 19.1. The van der Waals surface area contributed by atoms with E-state index in [0.29, 0.717) is 0 Å². The molecule has 2 unspecified atom stereocenters. The number of alkyl halides is 1. The van der Waals surface area contributed by atoms with Gasteiger partial charge in [0, 0.05) is 6.42 Å². The fourth-order valence-electron chi connectivity index (χ4n) is 0.479. The monoisotopic (exact) mass is 164 g/mol. The van der Waals surface area contributed by atoms with E-state index in [4.69, 9.17) is 9.84 Å². The molecule has 11 heavy (non-hydrogen) atoms. The smallest absolute Gasteiger partial charge is 0.332 e. The van der Waals surface area contributed by atoms with E-state index in [1.165, 1.54) is 13.8 Å². The summed E-state index contributed by atoms with van der Waals surface area (Å²) in [6.45, 7) is 2.99. The Kier molecular flexibility index (Phi) is 4.77. The van der Waals surface area contributed by atoms with Crippen molar-refractivity contribution >= 4 is 5.97 Å². The molecule has 0 saturated heterocycles. The van der Waals surface area contributed by atoms with Crippen molar-refractivity contribution in [1.29, 1.82) is 0 Å². The highest BCUT2D eigenvalue weighted by molar-refractivity contribution is 5.71. The number of hydrogen-bond donors (Lipinski definition) is 1. The number of aliphatic carboxylic acids is 1. The molecule has 1 N–H and O–H groups in total. The minimum atomic E-state index is -1.02. The number of carboxylic acids is 1. The Hall–Kier alpha value is -0.640. The van der Waals surface area contributed by atoms with Gasteiger partial charge in [0.1, 0.15) is 0 Å². The third kappa shape index (κ3) is 5.79. The molecular formula is C7H13FO3. The van der Waals surface area contributed by atoms with Gasteiger partial charge in [-0.25, -0.2) is 9.18 Å². The van der Waals surface area contributed by atoms with Crippen LogP contribution in [0.25, 0.3) is 0 Å². The first-order valence-electron chi connectivity index (χ1n) is 3.52. The van der Waals surface area contributed by atoms with E-state index in [0.717, 1.165) is 0 Å². The molecule has 0 aromatic rings. The van der Waals surface area contributed by atoms with E-state index in [1.54, 1.807) is 0 Å². The topological polar surface area (TPSA) is 46.5 Å². The van der Waals surface area contributed by atoms with Crippen LogP contribution in [0.1, 0.15) is 20.3 Å². The molecule has 2 atom stereocenters. The summed E-state index contributed by atoms with van der Waals surface area (Å²) in [5.41, 5.74) is 0. The number of ether oxygens (including phenoxy) is 1. The first-order chi connectivity index (χ1) is 5.04. The van der Waals surface area contributed by atoms with Crippen LogP contribution in [0.15, 0.2) is 0 Å². The summed E-state index contributed by atoms with van der Waals surface area (Å²) >= 11 is 0. The van der Waals surface area contributed by atoms with Crippen molar-refractivity contribution in [1.82, 2.24) is 0 Å². The van der Waals surface area contributed by atoms with Crippen molar-refractivity contribution in [3.8, 4) is 0 Å². The van der Waals surface area contributed by atoms with Crippen LogP contribution in [0, 0.1) is 0 Å². The van der Waals surface area contributed by atoms with Crippen molar-refractivity contribution < 1.29 is 19.0 Å². The average Bonchev–Trinajstić information content (AvgIpc) is 1.86. The third-order valence-electron chi connectivity index (χ3n) is 1.23. The summed E-state index contributed by atoms with van der Waals surface area (Å²) < 4.78 is 16.9. The molecule has 0 aliphatic carbocycles. The van der Waals surface area contributed by atoms with Crippen molar-refractivity contribution in [2.75, 3.05) is 6.61 Å². The van der Waals surface area contributed by atoms with Crippen LogP contribution in [-0.4, -0.2) is 30.0 Å². The van der Waals surface area contributed by atoms with Gasteiger partial charge in [-0.05, 0) is 13.8 Å². The molecule has 0 bridgehead atoms. The minimum absolute atomic E-state index is 0.158. The molecule has 0 radical (unpaired) electrons. The first-order valence-corrected chi connectivity index (χ1v) is 3.52. The fraction of sp³-hybridized carbons (Fsp3) is 0.857. The summed E-state index contributed by atoms with van der Waals surface area (Å²) in [4.78, 5) is 10.2. The largest absolute Gasteiger partial charge is 0.479 e. The first kappa shape index (κ1) is 10.4. The molecule has 3 nitrogen and oxygen atoms in total. The van der Waals surface area contributed by atoms with Crippen LogP contribution >= 0.6 is 0 Å². The molecule has 4 heteroatoms. The molecule has 66 valence electrons. The zero-order valence-electron chi connectivity index (χ0n) is 6.71. The Morgan fingerprint density at radius 3 is 2.55 bits per heavy atom. The van der Waals surface area contributed by atoms with Gasteiger partial charge < -0.3 is 9.84 Å².